The molecule has 1 heterocycles. The zero-order valence-electron chi connectivity index (χ0n) is 14.8. The van der Waals surface area contributed by atoms with Crippen molar-refractivity contribution < 1.29 is 29.3 Å². The molecule has 0 bridgehead atoms. The number of fused-ring (bicyclic) bond motifs is 1. The van der Waals surface area contributed by atoms with E-state index in [1.54, 1.807) is 6.92 Å². The first-order valence-corrected chi connectivity index (χ1v) is 8.51. The van der Waals surface area contributed by atoms with Crippen LogP contribution in [-0.4, -0.2) is 47.6 Å². The molecule has 138 valence electrons. The molecule has 6 nitrogen and oxygen atoms in total. The summed E-state index contributed by atoms with van der Waals surface area (Å²) in [6.07, 6.45) is 0.451. The van der Waals surface area contributed by atoms with Crippen molar-refractivity contribution >= 4 is 11.9 Å². The van der Waals surface area contributed by atoms with E-state index in [0.717, 1.165) is 5.57 Å². The van der Waals surface area contributed by atoms with Crippen LogP contribution in [0.25, 0.3) is 0 Å². The van der Waals surface area contributed by atoms with Crippen LogP contribution in [0.5, 0.6) is 0 Å². The van der Waals surface area contributed by atoms with E-state index in [0.29, 0.717) is 24.8 Å². The standard InChI is InChI=1S/C19H26O6/c1-10(2)18(22)25-17-15(11(3)6-5-7-20)13(9-21)8-14-16(17)12(4)19(23)24-14/h11,14,16-17,20-21H,1,4-9H2,2-3H3/t11-,14+,16-,17+/m0/s1. The molecule has 2 N–H and O–H groups in total. The Bertz CT molecular complexity index is 617. The van der Waals surface area contributed by atoms with Gasteiger partial charge >= 0.3 is 11.9 Å². The lowest BCUT2D eigenvalue weighted by Gasteiger charge is -2.38. The lowest BCUT2D eigenvalue weighted by Crippen LogP contribution is -2.41. The number of carbonyl (C=O) groups excluding carboxylic acids is 2. The van der Waals surface area contributed by atoms with Crippen molar-refractivity contribution in [2.45, 2.75) is 45.3 Å². The number of ether oxygens (including phenoxy) is 2. The molecule has 6 heteroatoms. The van der Waals surface area contributed by atoms with Crippen molar-refractivity contribution in [2.24, 2.45) is 11.8 Å². The maximum absolute atomic E-state index is 12.2. The summed E-state index contributed by atoms with van der Waals surface area (Å²) in [5, 5.41) is 18.9. The normalized spacial score (nSPS) is 27.0. The molecule has 0 radical (unpaired) electrons. The Labute approximate surface area is 147 Å². The fourth-order valence-electron chi connectivity index (χ4n) is 3.64. The molecule has 1 aliphatic carbocycles. The summed E-state index contributed by atoms with van der Waals surface area (Å²) in [6, 6.07) is 0. The molecule has 1 saturated heterocycles. The first kappa shape index (κ1) is 19.4. The molecular weight excluding hydrogens is 324 g/mol. The highest BCUT2D eigenvalue weighted by molar-refractivity contribution is 5.92. The Morgan fingerprint density at radius 2 is 2.12 bits per heavy atom. The number of rotatable bonds is 7. The number of hydrogen-bond acceptors (Lipinski definition) is 6. The summed E-state index contributed by atoms with van der Waals surface area (Å²) >= 11 is 0. The van der Waals surface area contributed by atoms with Crippen molar-refractivity contribution in [3.8, 4) is 0 Å². The Kier molecular flexibility index (Phi) is 6.19. The quantitative estimate of drug-likeness (QED) is 0.412. The summed E-state index contributed by atoms with van der Waals surface area (Å²) in [6.45, 7) is 10.8. The maximum atomic E-state index is 12.2. The second kappa shape index (κ2) is 7.97. The highest BCUT2D eigenvalue weighted by Gasteiger charge is 2.50. The van der Waals surface area contributed by atoms with E-state index in [4.69, 9.17) is 14.6 Å². The molecular formula is C19H26O6. The van der Waals surface area contributed by atoms with E-state index in [9.17, 15) is 14.7 Å². The number of carbonyl (C=O) groups is 2. The van der Waals surface area contributed by atoms with Crippen LogP contribution >= 0.6 is 0 Å². The Morgan fingerprint density at radius 1 is 1.44 bits per heavy atom. The Balaban J connectivity index is 2.44. The van der Waals surface area contributed by atoms with Gasteiger partial charge in [0, 0.05) is 24.2 Å². The van der Waals surface area contributed by atoms with Crippen molar-refractivity contribution in [1.82, 2.24) is 0 Å². The van der Waals surface area contributed by atoms with E-state index < -0.39 is 30.1 Å². The third kappa shape index (κ3) is 3.85. The van der Waals surface area contributed by atoms with E-state index in [-0.39, 0.29) is 30.3 Å². The second-order valence-electron chi connectivity index (χ2n) is 6.79. The van der Waals surface area contributed by atoms with Crippen LogP contribution in [0.15, 0.2) is 35.5 Å². The van der Waals surface area contributed by atoms with Crippen LogP contribution in [0, 0.1) is 11.8 Å². The van der Waals surface area contributed by atoms with Crippen molar-refractivity contribution in [1.29, 1.82) is 0 Å². The lowest BCUT2D eigenvalue weighted by atomic mass is 9.73. The van der Waals surface area contributed by atoms with Gasteiger partial charge in [-0.05, 0) is 36.8 Å². The third-order valence-corrected chi connectivity index (χ3v) is 4.91. The summed E-state index contributed by atoms with van der Waals surface area (Å²) in [4.78, 5) is 24.1. The predicted octanol–water partition coefficient (Wildman–Crippen LogP) is 1.67. The first-order chi connectivity index (χ1) is 11.8. The van der Waals surface area contributed by atoms with Gasteiger partial charge in [-0.15, -0.1) is 0 Å². The first-order valence-electron chi connectivity index (χ1n) is 8.51. The van der Waals surface area contributed by atoms with Crippen LogP contribution in [0.4, 0.5) is 0 Å². The zero-order valence-corrected chi connectivity index (χ0v) is 14.8. The zero-order chi connectivity index (χ0) is 18.7. The van der Waals surface area contributed by atoms with Crippen LogP contribution in [0.3, 0.4) is 0 Å². The molecule has 0 unspecified atom stereocenters. The van der Waals surface area contributed by atoms with Gasteiger partial charge in [-0.1, -0.05) is 20.1 Å². The van der Waals surface area contributed by atoms with E-state index in [1.807, 2.05) is 6.92 Å². The van der Waals surface area contributed by atoms with Gasteiger partial charge in [-0.3, -0.25) is 0 Å². The molecule has 0 spiro atoms. The van der Waals surface area contributed by atoms with Gasteiger partial charge in [-0.25, -0.2) is 9.59 Å². The lowest BCUT2D eigenvalue weighted by molar-refractivity contribution is -0.147. The molecule has 0 amide bonds. The van der Waals surface area contributed by atoms with Gasteiger partial charge in [0.05, 0.1) is 12.5 Å². The predicted molar refractivity (Wildman–Crippen MR) is 91.4 cm³/mol. The highest BCUT2D eigenvalue weighted by Crippen LogP contribution is 2.45. The van der Waals surface area contributed by atoms with Gasteiger partial charge in [-0.2, -0.15) is 0 Å². The number of hydrogen-bond donors (Lipinski definition) is 2. The van der Waals surface area contributed by atoms with Crippen molar-refractivity contribution in [3.63, 3.8) is 0 Å². The molecule has 25 heavy (non-hydrogen) atoms. The maximum Gasteiger partial charge on any atom is 0.334 e. The molecule has 2 aliphatic rings. The van der Waals surface area contributed by atoms with Gasteiger partial charge < -0.3 is 19.7 Å². The third-order valence-electron chi connectivity index (χ3n) is 4.91. The molecule has 2 rings (SSSR count). The van der Waals surface area contributed by atoms with Crippen LogP contribution in [0.2, 0.25) is 0 Å². The fraction of sp³-hybridized carbons (Fsp3) is 0.579. The molecule has 0 aromatic carbocycles. The van der Waals surface area contributed by atoms with E-state index in [2.05, 4.69) is 13.2 Å². The van der Waals surface area contributed by atoms with Gasteiger partial charge in [0.15, 0.2) is 0 Å². The smallest absolute Gasteiger partial charge is 0.334 e. The number of aliphatic hydroxyl groups is 2. The van der Waals surface area contributed by atoms with Gasteiger partial charge in [0.2, 0.25) is 0 Å². The average molecular weight is 350 g/mol. The van der Waals surface area contributed by atoms with Crippen LogP contribution in [-0.2, 0) is 19.1 Å². The monoisotopic (exact) mass is 350 g/mol. The van der Waals surface area contributed by atoms with Gasteiger partial charge in [0.25, 0.3) is 0 Å². The number of esters is 2. The average Bonchev–Trinajstić information content (AvgIpc) is 2.86. The fourth-order valence-corrected chi connectivity index (χ4v) is 3.64. The summed E-state index contributed by atoms with van der Waals surface area (Å²) in [7, 11) is 0. The van der Waals surface area contributed by atoms with Crippen molar-refractivity contribution in [3.05, 3.63) is 35.5 Å². The van der Waals surface area contributed by atoms with E-state index in [1.165, 1.54) is 0 Å². The molecule has 1 aliphatic heterocycles. The minimum absolute atomic E-state index is 0.0262. The molecule has 4 atom stereocenters. The molecule has 0 aromatic heterocycles. The molecule has 1 fully saturated rings. The Morgan fingerprint density at radius 3 is 2.68 bits per heavy atom. The minimum Gasteiger partial charge on any atom is -0.458 e. The largest absolute Gasteiger partial charge is 0.458 e. The van der Waals surface area contributed by atoms with Crippen LogP contribution < -0.4 is 0 Å². The number of aliphatic hydroxyl groups excluding tert-OH is 2. The van der Waals surface area contributed by atoms with Crippen molar-refractivity contribution in [2.75, 3.05) is 13.2 Å². The molecule has 0 saturated carbocycles. The van der Waals surface area contributed by atoms with E-state index >= 15 is 0 Å². The second-order valence-corrected chi connectivity index (χ2v) is 6.79. The highest BCUT2D eigenvalue weighted by atomic mass is 16.6. The SMILES string of the molecule is C=C(C)C(=O)O[C@@H]1C([C@@H](C)CCCO)=C(CO)C[C@H]2OC(=O)C(=C)[C@H]12. The minimum atomic E-state index is -0.724. The summed E-state index contributed by atoms with van der Waals surface area (Å²) < 4.78 is 11.0. The molecule has 0 aromatic rings. The van der Waals surface area contributed by atoms with Gasteiger partial charge in [0.1, 0.15) is 12.2 Å². The summed E-state index contributed by atoms with van der Waals surface area (Å²) in [5.74, 6) is -1.53. The summed E-state index contributed by atoms with van der Waals surface area (Å²) in [5.41, 5.74) is 2.05. The van der Waals surface area contributed by atoms with Crippen LogP contribution in [0.1, 0.15) is 33.1 Å². The topological polar surface area (TPSA) is 93.1 Å². The Hall–Kier alpha value is -1.92.